The fourth-order valence-electron chi connectivity index (χ4n) is 1.72. The maximum absolute atomic E-state index is 5.77. The molecule has 0 amide bonds. The maximum Gasteiger partial charge on any atom is 0.206 e. The number of halogens is 1. The molecule has 3 rings (SSSR count). The van der Waals surface area contributed by atoms with E-state index in [-0.39, 0.29) is 0 Å². The van der Waals surface area contributed by atoms with Crippen LogP contribution in [0, 0.1) is 0 Å². The summed E-state index contributed by atoms with van der Waals surface area (Å²) in [6, 6.07) is 8.00. The Balaban J connectivity index is 1.45. The molecule has 114 valence electrons. The summed E-state index contributed by atoms with van der Waals surface area (Å²) in [5, 5.41) is 15.2. The van der Waals surface area contributed by atoms with E-state index in [4.69, 9.17) is 11.6 Å². The Morgan fingerprint density at radius 1 is 1.23 bits per heavy atom. The normalized spacial score (nSPS) is 10.8. The molecular formula is C14H13ClN4S3. The van der Waals surface area contributed by atoms with Crippen LogP contribution in [0.2, 0.25) is 5.15 Å². The van der Waals surface area contributed by atoms with Gasteiger partial charge in [-0.25, -0.2) is 4.98 Å². The highest BCUT2D eigenvalue weighted by Crippen LogP contribution is 2.28. The molecule has 0 aliphatic heterocycles. The number of pyridine rings is 1. The van der Waals surface area contributed by atoms with Crippen LogP contribution in [0.4, 0.5) is 5.13 Å². The van der Waals surface area contributed by atoms with Crippen molar-refractivity contribution >= 4 is 51.2 Å². The fraction of sp³-hybridized carbons (Fsp3) is 0.214. The maximum atomic E-state index is 5.77. The number of thiophene rings is 1. The van der Waals surface area contributed by atoms with Gasteiger partial charge in [-0.05, 0) is 29.5 Å². The van der Waals surface area contributed by atoms with Crippen molar-refractivity contribution in [1.82, 2.24) is 15.2 Å². The van der Waals surface area contributed by atoms with E-state index < -0.39 is 0 Å². The molecule has 8 heteroatoms. The van der Waals surface area contributed by atoms with Gasteiger partial charge in [-0.2, -0.15) is 0 Å². The van der Waals surface area contributed by atoms with Crippen LogP contribution in [0.1, 0.15) is 10.4 Å². The highest BCUT2D eigenvalue weighted by Gasteiger charge is 2.05. The number of anilines is 1. The van der Waals surface area contributed by atoms with Crippen molar-refractivity contribution in [2.45, 2.75) is 16.5 Å². The van der Waals surface area contributed by atoms with Crippen molar-refractivity contribution in [3.63, 3.8) is 0 Å². The third-order valence-electron chi connectivity index (χ3n) is 2.79. The highest BCUT2D eigenvalue weighted by molar-refractivity contribution is 8.00. The first-order valence-electron chi connectivity index (χ1n) is 6.62. The van der Waals surface area contributed by atoms with Crippen molar-refractivity contribution in [3.05, 3.63) is 51.4 Å². The van der Waals surface area contributed by atoms with Gasteiger partial charge in [0.05, 0.1) is 0 Å². The molecule has 22 heavy (non-hydrogen) atoms. The Hall–Kier alpha value is -1.15. The number of thioether (sulfide) groups is 1. The van der Waals surface area contributed by atoms with E-state index in [1.54, 1.807) is 46.7 Å². The van der Waals surface area contributed by atoms with Crippen LogP contribution >= 0.6 is 46.0 Å². The van der Waals surface area contributed by atoms with Gasteiger partial charge >= 0.3 is 0 Å². The quantitative estimate of drug-likeness (QED) is 0.488. The molecule has 1 N–H and O–H groups in total. The third kappa shape index (κ3) is 4.67. The van der Waals surface area contributed by atoms with E-state index in [2.05, 4.69) is 38.0 Å². The molecule has 3 aromatic heterocycles. The Morgan fingerprint density at radius 2 is 2.18 bits per heavy atom. The lowest BCUT2D eigenvalue weighted by atomic mass is 10.3. The van der Waals surface area contributed by atoms with E-state index in [1.807, 2.05) is 6.07 Å². The Bertz CT molecular complexity index is 697. The minimum atomic E-state index is 0.516. The average molecular weight is 369 g/mol. The monoisotopic (exact) mass is 368 g/mol. The second-order valence-electron chi connectivity index (χ2n) is 4.41. The summed E-state index contributed by atoms with van der Waals surface area (Å²) in [5.41, 5.74) is 1.12. The topological polar surface area (TPSA) is 50.7 Å². The lowest BCUT2D eigenvalue weighted by Crippen LogP contribution is -2.03. The molecule has 3 aromatic rings. The Morgan fingerprint density at radius 3 is 2.95 bits per heavy atom. The molecule has 3 heterocycles. The average Bonchev–Trinajstić information content (AvgIpc) is 3.19. The standard InChI is InChI=1S/C14H13ClN4S3/c15-12-4-3-10(8-17-12)9-21-14-19-18-13(22-14)16-6-5-11-2-1-7-20-11/h1-4,7-8H,5-6,9H2,(H,16,18). The molecule has 0 fully saturated rings. The lowest BCUT2D eigenvalue weighted by Gasteiger charge is -1.99. The van der Waals surface area contributed by atoms with Crippen LogP contribution in [-0.2, 0) is 12.2 Å². The summed E-state index contributed by atoms with van der Waals surface area (Å²) in [6.07, 6.45) is 2.80. The van der Waals surface area contributed by atoms with Gasteiger partial charge in [0, 0.05) is 23.4 Å². The fourth-order valence-corrected chi connectivity index (χ4v) is 4.26. The zero-order chi connectivity index (χ0) is 15.2. The first-order chi connectivity index (χ1) is 10.8. The largest absolute Gasteiger partial charge is 0.360 e. The zero-order valence-corrected chi connectivity index (χ0v) is 14.7. The van der Waals surface area contributed by atoms with Crippen molar-refractivity contribution in [3.8, 4) is 0 Å². The van der Waals surface area contributed by atoms with Crippen molar-refractivity contribution < 1.29 is 0 Å². The number of rotatable bonds is 7. The molecule has 0 aliphatic carbocycles. The second kappa shape index (κ2) is 7.92. The van der Waals surface area contributed by atoms with Gasteiger partial charge in [-0.15, -0.1) is 21.5 Å². The number of nitrogens with one attached hydrogen (secondary N) is 1. The van der Waals surface area contributed by atoms with E-state index in [9.17, 15) is 0 Å². The molecule has 0 aliphatic rings. The van der Waals surface area contributed by atoms with Gasteiger partial charge in [0.2, 0.25) is 5.13 Å². The summed E-state index contributed by atoms with van der Waals surface area (Å²) in [7, 11) is 0. The number of hydrogen-bond donors (Lipinski definition) is 1. The molecule has 0 saturated heterocycles. The highest BCUT2D eigenvalue weighted by atomic mass is 35.5. The predicted molar refractivity (Wildman–Crippen MR) is 95.2 cm³/mol. The van der Waals surface area contributed by atoms with Gasteiger partial charge in [0.15, 0.2) is 4.34 Å². The first kappa shape index (κ1) is 15.7. The van der Waals surface area contributed by atoms with Gasteiger partial charge < -0.3 is 5.32 Å². The molecule has 0 atom stereocenters. The summed E-state index contributed by atoms with van der Waals surface area (Å²) in [5.74, 6) is 0.813. The van der Waals surface area contributed by atoms with E-state index >= 15 is 0 Å². The number of aromatic nitrogens is 3. The molecule has 0 radical (unpaired) electrons. The Kier molecular flexibility index (Phi) is 5.66. The summed E-state index contributed by atoms with van der Waals surface area (Å²) >= 11 is 10.8. The van der Waals surface area contributed by atoms with Crippen molar-refractivity contribution in [1.29, 1.82) is 0 Å². The summed E-state index contributed by atoms with van der Waals surface area (Å²) in [4.78, 5) is 5.45. The smallest absolute Gasteiger partial charge is 0.206 e. The van der Waals surface area contributed by atoms with Crippen LogP contribution in [0.5, 0.6) is 0 Å². The number of hydrogen-bond acceptors (Lipinski definition) is 7. The molecule has 4 nitrogen and oxygen atoms in total. The number of nitrogens with zero attached hydrogens (tertiary/aromatic N) is 3. The minimum Gasteiger partial charge on any atom is -0.360 e. The molecule has 0 aromatic carbocycles. The lowest BCUT2D eigenvalue weighted by molar-refractivity contribution is 0.980. The minimum absolute atomic E-state index is 0.516. The second-order valence-corrected chi connectivity index (χ2v) is 8.03. The van der Waals surface area contributed by atoms with Crippen LogP contribution in [0.15, 0.2) is 40.2 Å². The van der Waals surface area contributed by atoms with Gasteiger partial charge in [-0.3, -0.25) is 0 Å². The van der Waals surface area contributed by atoms with Crippen LogP contribution in [0.3, 0.4) is 0 Å². The zero-order valence-electron chi connectivity index (χ0n) is 11.5. The van der Waals surface area contributed by atoms with Gasteiger partial charge in [0.1, 0.15) is 5.15 Å². The van der Waals surface area contributed by atoms with Gasteiger partial charge in [-0.1, -0.05) is 46.8 Å². The van der Waals surface area contributed by atoms with Crippen LogP contribution in [0.25, 0.3) is 0 Å². The molecule has 0 unspecified atom stereocenters. The molecule has 0 spiro atoms. The summed E-state index contributed by atoms with van der Waals surface area (Å²) in [6.45, 7) is 0.876. The van der Waals surface area contributed by atoms with E-state index in [0.29, 0.717) is 5.15 Å². The van der Waals surface area contributed by atoms with E-state index in [0.717, 1.165) is 33.8 Å². The molecular weight excluding hydrogens is 356 g/mol. The summed E-state index contributed by atoms with van der Waals surface area (Å²) < 4.78 is 0.952. The van der Waals surface area contributed by atoms with E-state index in [1.165, 1.54) is 4.88 Å². The Labute approximate surface area is 146 Å². The van der Waals surface area contributed by atoms with Crippen LogP contribution < -0.4 is 5.32 Å². The first-order valence-corrected chi connectivity index (χ1v) is 9.68. The van der Waals surface area contributed by atoms with Crippen LogP contribution in [-0.4, -0.2) is 21.7 Å². The third-order valence-corrected chi connectivity index (χ3v) is 6.03. The predicted octanol–water partition coefficient (Wildman–Crippen LogP) is 4.59. The molecule has 0 bridgehead atoms. The van der Waals surface area contributed by atoms with Crippen molar-refractivity contribution in [2.24, 2.45) is 0 Å². The van der Waals surface area contributed by atoms with Gasteiger partial charge in [0.25, 0.3) is 0 Å². The SMILES string of the molecule is Clc1ccc(CSc2nnc(NCCc3cccs3)s2)cn1. The van der Waals surface area contributed by atoms with Crippen molar-refractivity contribution in [2.75, 3.05) is 11.9 Å². The molecule has 0 saturated carbocycles.